The Hall–Kier alpha value is -0.460. The Labute approximate surface area is 94.1 Å². The number of hydrogen-bond acceptors (Lipinski definition) is 3. The van der Waals surface area contributed by atoms with Crippen LogP contribution in [0.1, 0.15) is 32.1 Å². The van der Waals surface area contributed by atoms with Crippen molar-refractivity contribution in [1.29, 1.82) is 0 Å². The van der Waals surface area contributed by atoms with E-state index in [4.69, 9.17) is 20.6 Å². The van der Waals surface area contributed by atoms with Crippen LogP contribution < -0.4 is 5.73 Å². The number of aliphatic carboxylic acids is 1. The van der Waals surface area contributed by atoms with Crippen LogP contribution in [0, 0.1) is 0 Å². The lowest BCUT2D eigenvalue weighted by atomic mass is 10.1. The van der Waals surface area contributed by atoms with E-state index in [-0.39, 0.29) is 11.6 Å². The molecule has 0 rings (SSSR count). The molecule has 7 nitrogen and oxygen atoms in total. The SMILES string of the molecule is NC(CCCCCCP(=O)(O)O)C(=O)O.O. The topological polar surface area (TPSA) is 152 Å². The second kappa shape index (κ2) is 8.66. The second-order valence-electron chi connectivity index (χ2n) is 3.54. The predicted octanol–water partition coefficient (Wildman–Crippen LogP) is -0.298. The number of hydrogen-bond donors (Lipinski definition) is 4. The summed E-state index contributed by atoms with van der Waals surface area (Å²) in [5.74, 6) is -1.01. The number of nitrogens with two attached hydrogens (primary N) is 1. The molecule has 0 aliphatic heterocycles. The zero-order chi connectivity index (χ0) is 11.9. The third-order valence-corrected chi connectivity index (χ3v) is 2.93. The third kappa shape index (κ3) is 11.6. The Morgan fingerprint density at radius 2 is 1.69 bits per heavy atom. The van der Waals surface area contributed by atoms with E-state index in [2.05, 4.69) is 0 Å². The highest BCUT2D eigenvalue weighted by atomic mass is 31.2. The van der Waals surface area contributed by atoms with E-state index in [1.54, 1.807) is 0 Å². The summed E-state index contributed by atoms with van der Waals surface area (Å²) >= 11 is 0. The summed E-state index contributed by atoms with van der Waals surface area (Å²) in [5.41, 5.74) is 5.28. The molecule has 0 aliphatic rings. The van der Waals surface area contributed by atoms with Crippen LogP contribution >= 0.6 is 7.60 Å². The highest BCUT2D eigenvalue weighted by Gasteiger charge is 2.12. The number of unbranched alkanes of at least 4 members (excludes halogenated alkanes) is 3. The van der Waals surface area contributed by atoms with Crippen LogP contribution in [-0.4, -0.2) is 38.5 Å². The lowest BCUT2D eigenvalue weighted by Gasteiger charge is -2.06. The van der Waals surface area contributed by atoms with E-state index < -0.39 is 19.6 Å². The van der Waals surface area contributed by atoms with Crippen LogP contribution in [0.5, 0.6) is 0 Å². The van der Waals surface area contributed by atoms with Gasteiger partial charge in [0.05, 0.1) is 0 Å². The molecule has 1 unspecified atom stereocenters. The van der Waals surface area contributed by atoms with Gasteiger partial charge in [-0.25, -0.2) is 0 Å². The van der Waals surface area contributed by atoms with Crippen molar-refractivity contribution >= 4 is 13.6 Å². The van der Waals surface area contributed by atoms with Crippen molar-refractivity contribution in [3.05, 3.63) is 0 Å². The van der Waals surface area contributed by atoms with Crippen LogP contribution in [0.15, 0.2) is 0 Å². The van der Waals surface area contributed by atoms with E-state index >= 15 is 0 Å². The van der Waals surface area contributed by atoms with Crippen LogP contribution in [0.4, 0.5) is 0 Å². The quantitative estimate of drug-likeness (QED) is 0.346. The number of carboxylic acid groups (broad SMARTS) is 1. The molecule has 8 heteroatoms. The predicted molar refractivity (Wildman–Crippen MR) is 59.2 cm³/mol. The summed E-state index contributed by atoms with van der Waals surface area (Å²) in [5, 5.41) is 8.46. The number of rotatable bonds is 8. The summed E-state index contributed by atoms with van der Waals surface area (Å²) in [6.07, 6.45) is 2.89. The minimum atomic E-state index is -3.87. The number of carbonyl (C=O) groups is 1. The van der Waals surface area contributed by atoms with Crippen LogP contribution in [-0.2, 0) is 9.36 Å². The summed E-state index contributed by atoms with van der Waals surface area (Å²) in [6, 6.07) is -0.827. The highest BCUT2D eigenvalue weighted by Crippen LogP contribution is 2.35. The van der Waals surface area contributed by atoms with Crippen molar-refractivity contribution in [1.82, 2.24) is 0 Å². The lowest BCUT2D eigenvalue weighted by molar-refractivity contribution is -0.138. The fraction of sp³-hybridized carbons (Fsp3) is 0.875. The van der Waals surface area contributed by atoms with Gasteiger partial charge in [-0.15, -0.1) is 0 Å². The molecule has 16 heavy (non-hydrogen) atoms. The van der Waals surface area contributed by atoms with Gasteiger partial charge in [0.25, 0.3) is 0 Å². The molecule has 0 aromatic rings. The first kappa shape index (κ1) is 17.9. The monoisotopic (exact) mass is 257 g/mol. The average Bonchev–Trinajstić information content (AvgIpc) is 2.08. The van der Waals surface area contributed by atoms with E-state index in [1.165, 1.54) is 0 Å². The van der Waals surface area contributed by atoms with Gasteiger partial charge in [-0.05, 0) is 12.8 Å². The summed E-state index contributed by atoms with van der Waals surface area (Å²) in [6.45, 7) is 0. The first-order chi connectivity index (χ1) is 6.83. The maximum atomic E-state index is 10.5. The van der Waals surface area contributed by atoms with Gasteiger partial charge < -0.3 is 26.1 Å². The molecule has 0 fully saturated rings. The van der Waals surface area contributed by atoms with E-state index in [0.29, 0.717) is 25.7 Å². The van der Waals surface area contributed by atoms with Gasteiger partial charge in [-0.3, -0.25) is 9.36 Å². The van der Waals surface area contributed by atoms with Gasteiger partial charge in [0.15, 0.2) is 0 Å². The molecule has 1 atom stereocenters. The summed E-state index contributed by atoms with van der Waals surface area (Å²) < 4.78 is 10.5. The van der Waals surface area contributed by atoms with Crippen molar-refractivity contribution in [3.63, 3.8) is 0 Å². The molecule has 0 aromatic carbocycles. The molecule has 0 heterocycles. The van der Waals surface area contributed by atoms with Gasteiger partial charge in [-0.1, -0.05) is 19.3 Å². The molecule has 0 spiro atoms. The lowest BCUT2D eigenvalue weighted by Crippen LogP contribution is -2.29. The molecule has 7 N–H and O–H groups in total. The smallest absolute Gasteiger partial charge is 0.325 e. The molecule has 0 saturated heterocycles. The molecule has 0 aromatic heterocycles. The zero-order valence-corrected chi connectivity index (χ0v) is 9.90. The molecule has 98 valence electrons. The molecule has 0 radical (unpaired) electrons. The summed E-state index contributed by atoms with van der Waals surface area (Å²) in [4.78, 5) is 27.4. The molecule has 0 amide bonds. The van der Waals surface area contributed by atoms with Crippen LogP contribution in [0.2, 0.25) is 0 Å². The highest BCUT2D eigenvalue weighted by molar-refractivity contribution is 7.51. The standard InChI is InChI=1S/C8H18NO5P.H2O/c9-7(8(10)11)5-3-1-2-4-6-15(12,13)14;/h7H,1-6,9H2,(H,10,11)(H2,12,13,14);1H2. The molecule has 0 saturated carbocycles. The van der Waals surface area contributed by atoms with Gasteiger partial charge in [-0.2, -0.15) is 0 Å². The second-order valence-corrected chi connectivity index (χ2v) is 5.31. The third-order valence-electron chi connectivity index (χ3n) is 2.03. The van der Waals surface area contributed by atoms with Crippen molar-refractivity contribution < 1.29 is 29.7 Å². The minimum absolute atomic E-state index is 0. The van der Waals surface area contributed by atoms with Crippen LogP contribution in [0.3, 0.4) is 0 Å². The first-order valence-electron chi connectivity index (χ1n) is 4.86. The molecule has 0 bridgehead atoms. The molecular formula is C8H20NO6P. The molecule has 0 aliphatic carbocycles. The Morgan fingerprint density at radius 1 is 1.19 bits per heavy atom. The van der Waals surface area contributed by atoms with Gasteiger partial charge in [0.1, 0.15) is 6.04 Å². The van der Waals surface area contributed by atoms with Gasteiger partial charge >= 0.3 is 13.6 Å². The van der Waals surface area contributed by atoms with Crippen molar-refractivity contribution in [2.45, 2.75) is 38.1 Å². The summed E-state index contributed by atoms with van der Waals surface area (Å²) in [7, 11) is -3.87. The number of carboxylic acids is 1. The first-order valence-corrected chi connectivity index (χ1v) is 6.65. The zero-order valence-electron chi connectivity index (χ0n) is 9.00. The average molecular weight is 257 g/mol. The van der Waals surface area contributed by atoms with Crippen molar-refractivity contribution in [2.24, 2.45) is 5.73 Å². The Bertz CT molecular complexity index is 241. The normalized spacial score (nSPS) is 12.9. The van der Waals surface area contributed by atoms with Crippen molar-refractivity contribution in [2.75, 3.05) is 6.16 Å². The van der Waals surface area contributed by atoms with E-state index in [1.807, 2.05) is 0 Å². The Balaban J connectivity index is 0. The van der Waals surface area contributed by atoms with Crippen LogP contribution in [0.25, 0.3) is 0 Å². The van der Waals surface area contributed by atoms with Gasteiger partial charge in [0.2, 0.25) is 0 Å². The molecular weight excluding hydrogens is 237 g/mol. The van der Waals surface area contributed by atoms with E-state index in [9.17, 15) is 9.36 Å². The fourth-order valence-electron chi connectivity index (χ4n) is 1.16. The van der Waals surface area contributed by atoms with Crippen molar-refractivity contribution in [3.8, 4) is 0 Å². The maximum Gasteiger partial charge on any atom is 0.325 e. The van der Waals surface area contributed by atoms with E-state index in [0.717, 1.165) is 6.42 Å². The minimum Gasteiger partial charge on any atom is -0.480 e. The Kier molecular flexibility index (Phi) is 9.70. The Morgan fingerprint density at radius 3 is 2.12 bits per heavy atom. The van der Waals surface area contributed by atoms with Gasteiger partial charge in [0, 0.05) is 6.16 Å². The largest absolute Gasteiger partial charge is 0.480 e. The maximum absolute atomic E-state index is 10.5. The fourth-order valence-corrected chi connectivity index (χ4v) is 1.79.